The molecule has 1 fully saturated rings. The van der Waals surface area contributed by atoms with Crippen molar-refractivity contribution in [1.82, 2.24) is 4.90 Å². The lowest BCUT2D eigenvalue weighted by molar-refractivity contribution is 0.0661. The molecule has 0 aliphatic carbocycles. The molecule has 0 spiro atoms. The largest absolute Gasteiger partial charge is 0.393 e. The summed E-state index contributed by atoms with van der Waals surface area (Å²) in [6.45, 7) is 9.14. The Morgan fingerprint density at radius 1 is 1.40 bits per heavy atom. The van der Waals surface area contributed by atoms with E-state index in [1.165, 1.54) is 0 Å². The smallest absolute Gasteiger partial charge is 0.0541 e. The third-order valence-electron chi connectivity index (χ3n) is 2.95. The molecule has 1 unspecified atom stereocenters. The molecule has 1 saturated heterocycles. The van der Waals surface area contributed by atoms with Gasteiger partial charge in [0.05, 0.1) is 6.10 Å². The molecular weight excluding hydrogens is 212 g/mol. The molecule has 1 rings (SSSR count). The van der Waals surface area contributed by atoms with E-state index in [1.54, 1.807) is 0 Å². The number of aliphatic hydroxyl groups excluding tert-OH is 1. The second-order valence-corrected chi connectivity index (χ2v) is 5.34. The highest BCUT2D eigenvalue weighted by Crippen LogP contribution is 2.21. The summed E-state index contributed by atoms with van der Waals surface area (Å²) in [5, 5.41) is 9.45. The van der Waals surface area contributed by atoms with E-state index < -0.39 is 0 Å². The Morgan fingerprint density at radius 3 is 2.20 bits per heavy atom. The minimum absolute atomic E-state index is 0. The fraction of sp³-hybridized carbons (Fsp3) is 1.00. The summed E-state index contributed by atoms with van der Waals surface area (Å²) in [5.41, 5.74) is 5.87. The van der Waals surface area contributed by atoms with Crippen molar-refractivity contribution in [3.05, 3.63) is 0 Å². The molecule has 92 valence electrons. The van der Waals surface area contributed by atoms with Gasteiger partial charge in [-0.1, -0.05) is 0 Å². The maximum Gasteiger partial charge on any atom is 0.0541 e. The van der Waals surface area contributed by atoms with Crippen LogP contribution in [0, 0.1) is 5.92 Å². The predicted molar refractivity (Wildman–Crippen MR) is 66.4 cm³/mol. The summed E-state index contributed by atoms with van der Waals surface area (Å²) < 4.78 is 0. The summed E-state index contributed by atoms with van der Waals surface area (Å²) in [4.78, 5) is 2.40. The predicted octanol–water partition coefficient (Wildman–Crippen LogP) is 1.24. The fourth-order valence-electron chi connectivity index (χ4n) is 2.17. The molecule has 1 aliphatic rings. The van der Waals surface area contributed by atoms with Gasteiger partial charge in [0.2, 0.25) is 0 Å². The number of rotatable bonds is 3. The van der Waals surface area contributed by atoms with Crippen molar-refractivity contribution in [3.8, 4) is 0 Å². The summed E-state index contributed by atoms with van der Waals surface area (Å²) in [5.74, 6) is 0.493. The first kappa shape index (κ1) is 15.2. The van der Waals surface area contributed by atoms with Gasteiger partial charge in [-0.2, -0.15) is 0 Å². The zero-order valence-electron chi connectivity index (χ0n) is 10.1. The van der Waals surface area contributed by atoms with Gasteiger partial charge in [-0.25, -0.2) is 0 Å². The third-order valence-corrected chi connectivity index (χ3v) is 2.95. The van der Waals surface area contributed by atoms with Crippen LogP contribution in [0.15, 0.2) is 0 Å². The van der Waals surface area contributed by atoms with Crippen molar-refractivity contribution in [2.24, 2.45) is 11.7 Å². The van der Waals surface area contributed by atoms with Crippen LogP contribution in [0.1, 0.15) is 33.6 Å². The molecule has 0 aromatic rings. The van der Waals surface area contributed by atoms with E-state index >= 15 is 0 Å². The number of piperidine rings is 1. The van der Waals surface area contributed by atoms with Gasteiger partial charge in [0.25, 0.3) is 0 Å². The summed E-state index contributed by atoms with van der Waals surface area (Å²) >= 11 is 0. The molecule has 4 heteroatoms. The Bertz CT molecular complexity index is 172. The van der Waals surface area contributed by atoms with E-state index in [0.29, 0.717) is 5.92 Å². The maximum absolute atomic E-state index is 9.45. The van der Waals surface area contributed by atoms with Crippen molar-refractivity contribution in [2.45, 2.75) is 45.3 Å². The van der Waals surface area contributed by atoms with E-state index in [0.717, 1.165) is 32.5 Å². The number of halogens is 1. The Balaban J connectivity index is 0.00000196. The minimum Gasteiger partial charge on any atom is -0.393 e. The Labute approximate surface area is 99.4 Å². The Kier molecular flexibility index (Phi) is 6.11. The number of aliphatic hydroxyl groups is 1. The Morgan fingerprint density at radius 2 is 1.87 bits per heavy atom. The molecule has 1 atom stereocenters. The normalized spacial score (nSPS) is 22.2. The van der Waals surface area contributed by atoms with Crippen LogP contribution in [-0.2, 0) is 0 Å². The van der Waals surface area contributed by atoms with E-state index in [9.17, 15) is 5.11 Å². The number of nitrogens with zero attached hydrogens (tertiary/aromatic N) is 1. The average molecular weight is 237 g/mol. The molecule has 0 radical (unpaired) electrons. The first-order valence-electron chi connectivity index (χ1n) is 5.58. The fourth-order valence-corrected chi connectivity index (χ4v) is 2.17. The topological polar surface area (TPSA) is 49.5 Å². The number of hydrogen-bond donors (Lipinski definition) is 2. The number of nitrogens with two attached hydrogens (primary N) is 1. The molecule has 1 aliphatic heterocycles. The van der Waals surface area contributed by atoms with Crippen molar-refractivity contribution < 1.29 is 5.11 Å². The minimum atomic E-state index is -0.150. The highest BCUT2D eigenvalue weighted by molar-refractivity contribution is 5.85. The lowest BCUT2D eigenvalue weighted by atomic mass is 9.91. The second kappa shape index (κ2) is 6.04. The van der Waals surface area contributed by atoms with E-state index in [4.69, 9.17) is 5.73 Å². The van der Waals surface area contributed by atoms with Gasteiger partial charge in [-0.05, 0) is 52.6 Å². The molecular formula is C11H25ClN2O. The maximum atomic E-state index is 9.45. The van der Waals surface area contributed by atoms with Crippen LogP contribution < -0.4 is 5.73 Å². The summed E-state index contributed by atoms with van der Waals surface area (Å²) in [6, 6.07) is 0. The monoisotopic (exact) mass is 236 g/mol. The second-order valence-electron chi connectivity index (χ2n) is 5.34. The lowest BCUT2D eigenvalue weighted by Crippen LogP contribution is -2.48. The molecule has 1 heterocycles. The number of likely N-dealkylation sites (tertiary alicyclic amines) is 1. The molecule has 3 N–H and O–H groups in total. The zero-order valence-corrected chi connectivity index (χ0v) is 10.9. The van der Waals surface area contributed by atoms with Gasteiger partial charge in [0, 0.05) is 12.1 Å². The van der Waals surface area contributed by atoms with Crippen LogP contribution in [-0.4, -0.2) is 41.3 Å². The Hall–Kier alpha value is 0.170. The average Bonchev–Trinajstić information content (AvgIpc) is 2.02. The van der Waals surface area contributed by atoms with Gasteiger partial charge in [0.1, 0.15) is 0 Å². The van der Waals surface area contributed by atoms with Gasteiger partial charge in [-0.3, -0.25) is 0 Å². The highest BCUT2D eigenvalue weighted by atomic mass is 35.5. The zero-order chi connectivity index (χ0) is 10.8. The molecule has 0 aromatic heterocycles. The van der Waals surface area contributed by atoms with Crippen LogP contribution in [0.4, 0.5) is 0 Å². The van der Waals surface area contributed by atoms with Gasteiger partial charge in [-0.15, -0.1) is 12.4 Å². The third kappa shape index (κ3) is 5.71. The number of hydrogen-bond acceptors (Lipinski definition) is 3. The quantitative estimate of drug-likeness (QED) is 0.775. The first-order valence-corrected chi connectivity index (χ1v) is 5.58. The summed E-state index contributed by atoms with van der Waals surface area (Å²) in [6.07, 6.45) is 2.06. The molecule has 0 amide bonds. The van der Waals surface area contributed by atoms with Crippen LogP contribution in [0.2, 0.25) is 0 Å². The van der Waals surface area contributed by atoms with E-state index in [1.807, 2.05) is 6.92 Å². The standard InChI is InChI=1S/C11H24N2O.ClH/c1-9(14)10-4-6-13(7-5-10)8-11(2,3)12;/h9-10,14H,4-8,12H2,1-3H3;1H. The van der Waals surface area contributed by atoms with Crippen LogP contribution in [0.25, 0.3) is 0 Å². The molecule has 3 nitrogen and oxygen atoms in total. The highest BCUT2D eigenvalue weighted by Gasteiger charge is 2.25. The van der Waals surface area contributed by atoms with Crippen LogP contribution in [0.3, 0.4) is 0 Å². The molecule has 0 bridgehead atoms. The van der Waals surface area contributed by atoms with Gasteiger partial charge in [0.15, 0.2) is 0 Å². The van der Waals surface area contributed by atoms with E-state index in [-0.39, 0.29) is 24.0 Å². The molecule has 0 saturated carbocycles. The molecule has 0 aromatic carbocycles. The van der Waals surface area contributed by atoms with Crippen molar-refractivity contribution in [2.75, 3.05) is 19.6 Å². The van der Waals surface area contributed by atoms with Crippen LogP contribution >= 0.6 is 12.4 Å². The first-order chi connectivity index (χ1) is 6.38. The van der Waals surface area contributed by atoms with Crippen molar-refractivity contribution in [3.63, 3.8) is 0 Å². The van der Waals surface area contributed by atoms with Crippen molar-refractivity contribution >= 4 is 12.4 Å². The lowest BCUT2D eigenvalue weighted by Gasteiger charge is -2.36. The SMILES string of the molecule is CC(O)C1CCN(CC(C)(C)N)CC1.Cl. The van der Waals surface area contributed by atoms with Crippen molar-refractivity contribution in [1.29, 1.82) is 0 Å². The van der Waals surface area contributed by atoms with E-state index in [2.05, 4.69) is 18.7 Å². The van der Waals surface area contributed by atoms with Gasteiger partial charge >= 0.3 is 0 Å². The van der Waals surface area contributed by atoms with Gasteiger partial charge < -0.3 is 15.7 Å². The summed E-state index contributed by atoms with van der Waals surface area (Å²) in [7, 11) is 0. The van der Waals surface area contributed by atoms with Crippen LogP contribution in [0.5, 0.6) is 0 Å². The molecule has 15 heavy (non-hydrogen) atoms.